The second-order valence-electron chi connectivity index (χ2n) is 3.72. The predicted octanol–water partition coefficient (Wildman–Crippen LogP) is 2.57. The molecule has 11 heavy (non-hydrogen) atoms. The highest BCUT2D eigenvalue weighted by Crippen LogP contribution is 2.36. The predicted molar refractivity (Wildman–Crippen MR) is 46.0 cm³/mol. The highest BCUT2D eigenvalue weighted by Gasteiger charge is 2.31. The molecule has 0 bridgehead atoms. The van der Waals surface area contributed by atoms with Gasteiger partial charge in [0.15, 0.2) is 0 Å². The molecule has 2 heteroatoms. The van der Waals surface area contributed by atoms with Gasteiger partial charge in [0.1, 0.15) is 0 Å². The largest absolute Gasteiger partial charge is 0.378 e. The van der Waals surface area contributed by atoms with E-state index in [0.29, 0.717) is 11.5 Å². The Hall–Kier alpha value is 0.250. The Bertz CT molecular complexity index is 134. The van der Waals surface area contributed by atoms with Crippen LogP contribution in [0.5, 0.6) is 0 Å². The van der Waals surface area contributed by atoms with Gasteiger partial charge in [0.05, 0.1) is 6.10 Å². The number of alkyl halides is 1. The minimum Gasteiger partial charge on any atom is -0.378 e. The van der Waals surface area contributed by atoms with Crippen molar-refractivity contribution < 1.29 is 4.74 Å². The molecule has 1 saturated heterocycles. The summed E-state index contributed by atoms with van der Waals surface area (Å²) in [6, 6.07) is 0. The molecule has 0 spiro atoms. The van der Waals surface area contributed by atoms with Crippen LogP contribution in [0.2, 0.25) is 0 Å². The first-order chi connectivity index (χ1) is 5.36. The Balaban J connectivity index is 1.82. The van der Waals surface area contributed by atoms with Gasteiger partial charge in [-0.25, -0.2) is 0 Å². The van der Waals surface area contributed by atoms with Crippen LogP contribution in [0.15, 0.2) is 0 Å². The second kappa shape index (κ2) is 3.32. The lowest BCUT2D eigenvalue weighted by Crippen LogP contribution is -2.35. The van der Waals surface area contributed by atoms with Crippen LogP contribution in [-0.2, 0) is 4.74 Å². The van der Waals surface area contributed by atoms with Crippen LogP contribution in [-0.4, -0.2) is 18.1 Å². The molecule has 2 aliphatic rings. The second-order valence-corrected chi connectivity index (χ2v) is 4.34. The van der Waals surface area contributed by atoms with Crippen LogP contribution in [0.25, 0.3) is 0 Å². The molecule has 0 radical (unpaired) electrons. The number of halogens is 1. The number of hydrogen-bond donors (Lipinski definition) is 0. The minimum absolute atomic E-state index is 0.384. The lowest BCUT2D eigenvalue weighted by Gasteiger charge is -2.37. The summed E-state index contributed by atoms with van der Waals surface area (Å²) in [6.07, 6.45) is 6.77. The molecule has 2 unspecified atom stereocenters. The molecule has 0 N–H and O–H groups in total. The van der Waals surface area contributed by atoms with E-state index < -0.39 is 0 Å². The Kier molecular flexibility index (Phi) is 2.38. The molecule has 0 aromatic carbocycles. The van der Waals surface area contributed by atoms with Crippen molar-refractivity contribution in [1.82, 2.24) is 0 Å². The average Bonchev–Trinajstić information content (AvgIpc) is 1.83. The lowest BCUT2D eigenvalue weighted by atomic mass is 9.79. The Labute approximate surface area is 73.1 Å². The third kappa shape index (κ3) is 1.70. The van der Waals surface area contributed by atoms with Gasteiger partial charge in [-0.15, -0.1) is 11.6 Å². The van der Waals surface area contributed by atoms with E-state index in [2.05, 4.69) is 0 Å². The van der Waals surface area contributed by atoms with Crippen LogP contribution in [0, 0.1) is 5.92 Å². The minimum atomic E-state index is 0.384. The van der Waals surface area contributed by atoms with Crippen LogP contribution in [0.1, 0.15) is 32.1 Å². The SMILES string of the molecule is ClC1CCOC(C2CCC2)C1. The zero-order valence-electron chi connectivity index (χ0n) is 6.76. The van der Waals surface area contributed by atoms with Crippen molar-refractivity contribution in [2.24, 2.45) is 5.92 Å². The maximum atomic E-state index is 6.06. The molecule has 1 aliphatic carbocycles. The molecule has 2 rings (SSSR count). The Morgan fingerprint density at radius 1 is 1.18 bits per heavy atom. The fourth-order valence-corrected chi connectivity index (χ4v) is 2.19. The highest BCUT2D eigenvalue weighted by molar-refractivity contribution is 6.20. The van der Waals surface area contributed by atoms with E-state index in [-0.39, 0.29) is 0 Å². The number of rotatable bonds is 1. The van der Waals surface area contributed by atoms with Gasteiger partial charge in [-0.2, -0.15) is 0 Å². The molecule has 0 amide bonds. The van der Waals surface area contributed by atoms with Crippen LogP contribution < -0.4 is 0 Å². The van der Waals surface area contributed by atoms with E-state index in [1.54, 1.807) is 0 Å². The fraction of sp³-hybridized carbons (Fsp3) is 1.00. The van der Waals surface area contributed by atoms with Gasteiger partial charge in [-0.3, -0.25) is 0 Å². The first-order valence-corrected chi connectivity index (χ1v) is 5.05. The molecule has 1 heterocycles. The smallest absolute Gasteiger partial charge is 0.0617 e. The van der Waals surface area contributed by atoms with Crippen molar-refractivity contribution in [1.29, 1.82) is 0 Å². The first kappa shape index (κ1) is 7.88. The summed E-state index contributed by atoms with van der Waals surface area (Å²) in [7, 11) is 0. The molecule has 1 nitrogen and oxygen atoms in total. The quantitative estimate of drug-likeness (QED) is 0.556. The van der Waals surface area contributed by atoms with Crippen molar-refractivity contribution in [3.63, 3.8) is 0 Å². The third-order valence-corrected chi connectivity index (χ3v) is 3.32. The maximum Gasteiger partial charge on any atom is 0.0617 e. The summed E-state index contributed by atoms with van der Waals surface area (Å²) in [6.45, 7) is 0.884. The van der Waals surface area contributed by atoms with Gasteiger partial charge in [-0.05, 0) is 31.6 Å². The van der Waals surface area contributed by atoms with Crippen LogP contribution in [0.4, 0.5) is 0 Å². The monoisotopic (exact) mass is 174 g/mol. The average molecular weight is 175 g/mol. The topological polar surface area (TPSA) is 9.23 Å². The van der Waals surface area contributed by atoms with Crippen molar-refractivity contribution in [3.05, 3.63) is 0 Å². The molecule has 0 aromatic rings. The van der Waals surface area contributed by atoms with E-state index in [4.69, 9.17) is 16.3 Å². The molecule has 2 fully saturated rings. The fourth-order valence-electron chi connectivity index (χ4n) is 1.93. The van der Waals surface area contributed by atoms with E-state index in [1.165, 1.54) is 19.3 Å². The molecular weight excluding hydrogens is 160 g/mol. The summed E-state index contributed by atoms with van der Waals surface area (Å²) in [4.78, 5) is 0. The third-order valence-electron chi connectivity index (χ3n) is 2.93. The van der Waals surface area contributed by atoms with Crippen LogP contribution in [0.3, 0.4) is 0 Å². The normalized spacial score (nSPS) is 40.1. The molecule has 1 aliphatic heterocycles. The van der Waals surface area contributed by atoms with Gasteiger partial charge in [0, 0.05) is 12.0 Å². The molecule has 1 saturated carbocycles. The number of ether oxygens (including phenoxy) is 1. The van der Waals surface area contributed by atoms with E-state index in [9.17, 15) is 0 Å². The van der Waals surface area contributed by atoms with E-state index >= 15 is 0 Å². The molecule has 2 atom stereocenters. The van der Waals surface area contributed by atoms with Gasteiger partial charge in [0.2, 0.25) is 0 Å². The maximum absolute atomic E-state index is 6.06. The highest BCUT2D eigenvalue weighted by atomic mass is 35.5. The van der Waals surface area contributed by atoms with E-state index in [1.807, 2.05) is 0 Å². The molecule has 64 valence electrons. The van der Waals surface area contributed by atoms with E-state index in [0.717, 1.165) is 25.4 Å². The summed E-state index contributed by atoms with van der Waals surface area (Å²) in [5.41, 5.74) is 0. The standard InChI is InChI=1S/C9H15ClO/c10-8-4-5-11-9(6-8)7-2-1-3-7/h7-9H,1-6H2. The van der Waals surface area contributed by atoms with Crippen molar-refractivity contribution in [3.8, 4) is 0 Å². The summed E-state index contributed by atoms with van der Waals surface area (Å²) < 4.78 is 5.67. The van der Waals surface area contributed by atoms with Gasteiger partial charge in [-0.1, -0.05) is 6.42 Å². The zero-order valence-corrected chi connectivity index (χ0v) is 7.52. The van der Waals surface area contributed by atoms with Gasteiger partial charge in [0.25, 0.3) is 0 Å². The summed E-state index contributed by atoms with van der Waals surface area (Å²) >= 11 is 6.06. The first-order valence-electron chi connectivity index (χ1n) is 4.62. The Morgan fingerprint density at radius 3 is 2.55 bits per heavy atom. The van der Waals surface area contributed by atoms with Gasteiger partial charge < -0.3 is 4.74 Å². The van der Waals surface area contributed by atoms with Crippen LogP contribution >= 0.6 is 11.6 Å². The van der Waals surface area contributed by atoms with Crippen molar-refractivity contribution in [2.75, 3.05) is 6.61 Å². The summed E-state index contributed by atoms with van der Waals surface area (Å²) in [5.74, 6) is 0.844. The van der Waals surface area contributed by atoms with Crippen molar-refractivity contribution in [2.45, 2.75) is 43.6 Å². The Morgan fingerprint density at radius 2 is 2.00 bits per heavy atom. The van der Waals surface area contributed by atoms with Crippen molar-refractivity contribution >= 4 is 11.6 Å². The molecular formula is C9H15ClO. The summed E-state index contributed by atoms with van der Waals surface area (Å²) in [5, 5.41) is 0.384. The lowest BCUT2D eigenvalue weighted by molar-refractivity contribution is -0.0410. The van der Waals surface area contributed by atoms with Gasteiger partial charge >= 0.3 is 0 Å². The zero-order chi connectivity index (χ0) is 7.68. The molecule has 0 aromatic heterocycles. The number of hydrogen-bond acceptors (Lipinski definition) is 1.